The van der Waals surface area contributed by atoms with E-state index < -0.39 is 59.7 Å². The van der Waals surface area contributed by atoms with E-state index >= 15 is 0 Å². The van der Waals surface area contributed by atoms with Crippen LogP contribution in [0.4, 0.5) is 0 Å². The molecule has 0 fully saturated rings. The van der Waals surface area contributed by atoms with E-state index in [1.807, 2.05) is 0 Å². The summed E-state index contributed by atoms with van der Waals surface area (Å²) in [5.41, 5.74) is 32.2. The number of hydrogen-bond donors (Lipinski definition) is 10. The molecule has 0 spiro atoms. The maximum absolute atomic E-state index is 13.2. The number of amides is 4. The zero-order valence-corrected chi connectivity index (χ0v) is 23.1. The molecule has 0 bridgehead atoms. The molecule has 0 aromatic rings. The number of carboxylic acid groups (broad SMARTS) is 1. The molecule has 0 saturated carbocycles. The molecule has 40 heavy (non-hydrogen) atoms. The Labute approximate surface area is 233 Å². The Morgan fingerprint density at radius 2 is 1.27 bits per heavy atom. The summed E-state index contributed by atoms with van der Waals surface area (Å²) in [7, 11) is 0. The highest BCUT2D eigenvalue weighted by molar-refractivity contribution is 5.94. The zero-order chi connectivity index (χ0) is 30.8. The van der Waals surface area contributed by atoms with Gasteiger partial charge in [-0.05, 0) is 38.0 Å². The van der Waals surface area contributed by atoms with Crippen LogP contribution in [0.15, 0.2) is 9.98 Å². The molecular formula is C23H45N11O6. The molecule has 0 aliphatic rings. The Balaban J connectivity index is 5.53. The minimum atomic E-state index is -1.27. The Hall–Kier alpha value is -4.15. The van der Waals surface area contributed by atoms with Crippen molar-refractivity contribution in [3.63, 3.8) is 0 Å². The van der Waals surface area contributed by atoms with E-state index in [0.717, 1.165) is 0 Å². The van der Waals surface area contributed by atoms with Crippen molar-refractivity contribution < 1.29 is 29.1 Å². The number of guanidine groups is 2. The van der Waals surface area contributed by atoms with Gasteiger partial charge in [0.2, 0.25) is 23.6 Å². The number of nitrogens with zero attached hydrogens (tertiary/aromatic N) is 2. The lowest BCUT2D eigenvalue weighted by atomic mass is 9.96. The highest BCUT2D eigenvalue weighted by atomic mass is 16.4. The van der Waals surface area contributed by atoms with Crippen molar-refractivity contribution in [2.45, 2.75) is 83.0 Å². The second kappa shape index (κ2) is 19.0. The number of rotatable bonds is 20. The van der Waals surface area contributed by atoms with E-state index in [-0.39, 0.29) is 57.1 Å². The Morgan fingerprint density at radius 3 is 1.75 bits per heavy atom. The van der Waals surface area contributed by atoms with Crippen molar-refractivity contribution in [3.8, 4) is 0 Å². The van der Waals surface area contributed by atoms with Gasteiger partial charge in [-0.1, -0.05) is 20.3 Å². The van der Waals surface area contributed by atoms with Gasteiger partial charge in [0.15, 0.2) is 11.9 Å². The molecule has 17 nitrogen and oxygen atoms in total. The summed E-state index contributed by atoms with van der Waals surface area (Å²) in [5, 5.41) is 17.1. The average Bonchev–Trinajstić information content (AvgIpc) is 2.87. The summed E-state index contributed by atoms with van der Waals surface area (Å²) < 4.78 is 0. The van der Waals surface area contributed by atoms with Crippen LogP contribution in [-0.4, -0.2) is 83.9 Å². The largest absolute Gasteiger partial charge is 0.480 e. The Bertz CT molecular complexity index is 919. The van der Waals surface area contributed by atoms with Crippen LogP contribution in [0.1, 0.15) is 58.8 Å². The first-order chi connectivity index (χ1) is 18.7. The fraction of sp³-hybridized carbons (Fsp3) is 0.696. The molecule has 0 radical (unpaired) electrons. The number of aliphatic carboxylic acids is 1. The van der Waals surface area contributed by atoms with Crippen LogP contribution < -0.4 is 50.4 Å². The van der Waals surface area contributed by atoms with Crippen molar-refractivity contribution in [2.75, 3.05) is 13.1 Å². The number of hydrogen-bond acceptors (Lipinski definition) is 8. The number of carbonyl (C=O) groups excluding carboxylic acids is 4. The van der Waals surface area contributed by atoms with Crippen molar-refractivity contribution >= 4 is 41.5 Å². The number of carboxylic acids is 1. The monoisotopic (exact) mass is 571 g/mol. The van der Waals surface area contributed by atoms with E-state index in [2.05, 4.69) is 25.9 Å². The maximum Gasteiger partial charge on any atom is 0.326 e. The predicted octanol–water partition coefficient (Wildman–Crippen LogP) is -3.73. The molecule has 5 unspecified atom stereocenters. The van der Waals surface area contributed by atoms with Gasteiger partial charge in [-0.2, -0.15) is 0 Å². The minimum Gasteiger partial charge on any atom is -0.480 e. The fourth-order valence-corrected chi connectivity index (χ4v) is 3.46. The number of carbonyl (C=O) groups is 5. The third-order valence-corrected chi connectivity index (χ3v) is 5.97. The van der Waals surface area contributed by atoms with Crippen LogP contribution in [0, 0.1) is 5.92 Å². The standard InChI is InChI=1S/C23H45N11O6/c1-3-12(2)17(20(38)33-15(21(39)40)7-5-11-31-23(28)29)34-19(37)14(8-9-16(25)35)32-18(36)13(24)6-4-10-30-22(26)27/h12-15,17H,3-11,24H2,1-2H3,(H2,25,35)(H,32,36)(H,33,38)(H,34,37)(H,39,40)(H4,26,27,30)(H4,28,29,31). The quantitative estimate of drug-likeness (QED) is 0.0384. The summed E-state index contributed by atoms with van der Waals surface area (Å²) in [4.78, 5) is 69.6. The second-order valence-electron chi connectivity index (χ2n) is 9.34. The van der Waals surface area contributed by atoms with Gasteiger partial charge in [-0.25, -0.2) is 4.79 Å². The van der Waals surface area contributed by atoms with Crippen LogP contribution in [0.5, 0.6) is 0 Å². The SMILES string of the molecule is CCC(C)C(NC(=O)C(CCC(N)=O)NC(=O)C(N)CCCN=C(N)N)C(=O)NC(CCCN=C(N)N)C(=O)O. The van der Waals surface area contributed by atoms with Gasteiger partial charge in [-0.15, -0.1) is 0 Å². The van der Waals surface area contributed by atoms with Gasteiger partial charge in [0, 0.05) is 19.5 Å². The van der Waals surface area contributed by atoms with E-state index in [9.17, 15) is 29.1 Å². The smallest absolute Gasteiger partial charge is 0.326 e. The molecule has 5 atom stereocenters. The minimum absolute atomic E-state index is 0.0391. The van der Waals surface area contributed by atoms with Gasteiger partial charge in [-0.3, -0.25) is 29.2 Å². The third kappa shape index (κ3) is 15.3. The fourth-order valence-electron chi connectivity index (χ4n) is 3.46. The first-order valence-electron chi connectivity index (χ1n) is 13.0. The highest BCUT2D eigenvalue weighted by Crippen LogP contribution is 2.11. The maximum atomic E-state index is 13.2. The number of aliphatic imine (C=N–C) groups is 2. The van der Waals surface area contributed by atoms with Crippen molar-refractivity contribution in [1.29, 1.82) is 0 Å². The van der Waals surface area contributed by atoms with E-state index in [0.29, 0.717) is 12.8 Å². The van der Waals surface area contributed by atoms with Gasteiger partial charge >= 0.3 is 5.97 Å². The van der Waals surface area contributed by atoms with Gasteiger partial charge in [0.1, 0.15) is 18.1 Å². The van der Waals surface area contributed by atoms with E-state index in [4.69, 9.17) is 34.4 Å². The van der Waals surface area contributed by atoms with Gasteiger partial charge in [0.05, 0.1) is 6.04 Å². The molecular weight excluding hydrogens is 526 g/mol. The number of primary amides is 1. The molecule has 17 heteroatoms. The van der Waals surface area contributed by atoms with Gasteiger partial charge in [0.25, 0.3) is 0 Å². The van der Waals surface area contributed by atoms with Crippen molar-refractivity contribution in [3.05, 3.63) is 0 Å². The first kappa shape index (κ1) is 35.9. The molecule has 228 valence electrons. The number of nitrogens with two attached hydrogens (primary N) is 6. The molecule has 4 amide bonds. The number of nitrogens with one attached hydrogen (secondary N) is 3. The molecule has 0 aromatic heterocycles. The second-order valence-corrected chi connectivity index (χ2v) is 9.34. The van der Waals surface area contributed by atoms with Crippen molar-refractivity contribution in [2.24, 2.45) is 50.3 Å². The topological polar surface area (TPSA) is 323 Å². The van der Waals surface area contributed by atoms with Crippen LogP contribution in [0.25, 0.3) is 0 Å². The normalized spacial score (nSPS) is 14.4. The lowest BCUT2D eigenvalue weighted by molar-refractivity contribution is -0.143. The van der Waals surface area contributed by atoms with Crippen LogP contribution in [0.2, 0.25) is 0 Å². The first-order valence-corrected chi connectivity index (χ1v) is 13.0. The molecule has 0 rings (SSSR count). The zero-order valence-electron chi connectivity index (χ0n) is 23.1. The van der Waals surface area contributed by atoms with Crippen molar-refractivity contribution in [1.82, 2.24) is 16.0 Å². The molecule has 0 saturated heterocycles. The summed E-state index contributed by atoms with van der Waals surface area (Å²) >= 11 is 0. The van der Waals surface area contributed by atoms with E-state index in [1.54, 1.807) is 13.8 Å². The Kier molecular flexibility index (Phi) is 17.0. The molecule has 16 N–H and O–H groups in total. The molecule has 0 aromatic carbocycles. The molecule has 0 heterocycles. The highest BCUT2D eigenvalue weighted by Gasteiger charge is 2.32. The van der Waals surface area contributed by atoms with Crippen LogP contribution in [-0.2, 0) is 24.0 Å². The van der Waals surface area contributed by atoms with E-state index in [1.165, 1.54) is 0 Å². The average molecular weight is 572 g/mol. The van der Waals surface area contributed by atoms with Crippen LogP contribution >= 0.6 is 0 Å². The molecule has 0 aliphatic heterocycles. The predicted molar refractivity (Wildman–Crippen MR) is 149 cm³/mol. The third-order valence-electron chi connectivity index (χ3n) is 5.97. The lowest BCUT2D eigenvalue weighted by Crippen LogP contribution is -2.58. The lowest BCUT2D eigenvalue weighted by Gasteiger charge is -2.28. The summed E-state index contributed by atoms with van der Waals surface area (Å²) in [6.45, 7) is 3.91. The van der Waals surface area contributed by atoms with Crippen LogP contribution in [0.3, 0.4) is 0 Å². The molecule has 0 aliphatic carbocycles. The summed E-state index contributed by atoms with van der Waals surface area (Å²) in [5.74, 6) is -4.77. The Morgan fingerprint density at radius 1 is 0.750 bits per heavy atom. The summed E-state index contributed by atoms with van der Waals surface area (Å²) in [6, 6.07) is -4.63. The summed E-state index contributed by atoms with van der Waals surface area (Å²) in [6.07, 6.45) is 1.02. The van der Waals surface area contributed by atoms with Gasteiger partial charge < -0.3 is 55.5 Å².